The van der Waals surface area contributed by atoms with Crippen molar-refractivity contribution in [2.24, 2.45) is 0 Å². The second-order valence-corrected chi connectivity index (χ2v) is 6.09. The molecule has 0 spiro atoms. The molecule has 0 aliphatic heterocycles. The van der Waals surface area contributed by atoms with E-state index in [1.54, 1.807) is 13.4 Å². The third-order valence-electron chi connectivity index (χ3n) is 4.15. The summed E-state index contributed by atoms with van der Waals surface area (Å²) in [6.45, 7) is 0.534. The maximum atomic E-state index is 5.43. The molecule has 4 rings (SSSR count). The molecule has 0 atom stereocenters. The fourth-order valence-electron chi connectivity index (χ4n) is 2.79. The van der Waals surface area contributed by atoms with Crippen LogP contribution in [0.15, 0.2) is 83.5 Å². The van der Waals surface area contributed by atoms with E-state index in [4.69, 9.17) is 9.15 Å². The quantitative estimate of drug-likeness (QED) is 0.470. The molecule has 4 aromatic rings. The van der Waals surface area contributed by atoms with Gasteiger partial charge in [-0.2, -0.15) is 0 Å². The summed E-state index contributed by atoms with van der Waals surface area (Å²) in [5, 5.41) is 6.62. The Morgan fingerprint density at radius 2 is 1.68 bits per heavy atom. The third kappa shape index (κ3) is 4.12. The van der Waals surface area contributed by atoms with Crippen LogP contribution in [0.1, 0.15) is 5.76 Å². The number of hydrogen-bond donors (Lipinski definition) is 2. The van der Waals surface area contributed by atoms with E-state index in [2.05, 4.69) is 20.6 Å². The zero-order valence-corrected chi connectivity index (χ0v) is 15.4. The Morgan fingerprint density at radius 1 is 0.893 bits per heavy atom. The number of nitrogens with zero attached hydrogens (tertiary/aromatic N) is 2. The largest absolute Gasteiger partial charge is 0.495 e. The van der Waals surface area contributed by atoms with Gasteiger partial charge in [0.25, 0.3) is 0 Å². The lowest BCUT2D eigenvalue weighted by molar-refractivity contribution is 0.417. The summed E-state index contributed by atoms with van der Waals surface area (Å²) in [4.78, 5) is 9.33. The molecule has 6 nitrogen and oxygen atoms in total. The average Bonchev–Trinajstić information content (AvgIpc) is 3.27. The highest BCUT2D eigenvalue weighted by molar-refractivity contribution is 5.68. The number of nitrogens with one attached hydrogen (secondary N) is 2. The summed E-state index contributed by atoms with van der Waals surface area (Å²) in [5.41, 5.74) is 1.77. The smallest absolute Gasteiger partial charge is 0.163 e. The molecule has 0 unspecified atom stereocenters. The lowest BCUT2D eigenvalue weighted by Crippen LogP contribution is -2.05. The Balaban J connectivity index is 1.67. The van der Waals surface area contributed by atoms with Crippen molar-refractivity contribution < 1.29 is 9.15 Å². The average molecular weight is 372 g/mol. The minimum Gasteiger partial charge on any atom is -0.495 e. The van der Waals surface area contributed by atoms with E-state index in [0.717, 1.165) is 22.8 Å². The van der Waals surface area contributed by atoms with Gasteiger partial charge in [0.05, 0.1) is 25.6 Å². The number of methoxy groups -OCH3 is 1. The Morgan fingerprint density at radius 3 is 2.46 bits per heavy atom. The molecule has 0 fully saturated rings. The molecule has 6 heteroatoms. The number of anilines is 3. The van der Waals surface area contributed by atoms with Crippen LogP contribution >= 0.6 is 0 Å². The van der Waals surface area contributed by atoms with Crippen LogP contribution in [-0.2, 0) is 6.54 Å². The molecule has 2 aromatic heterocycles. The Kier molecular flexibility index (Phi) is 5.20. The van der Waals surface area contributed by atoms with Gasteiger partial charge in [-0.25, -0.2) is 9.97 Å². The highest BCUT2D eigenvalue weighted by Crippen LogP contribution is 2.28. The van der Waals surface area contributed by atoms with E-state index in [9.17, 15) is 0 Å². The normalized spacial score (nSPS) is 10.5. The number of hydrogen-bond acceptors (Lipinski definition) is 6. The van der Waals surface area contributed by atoms with Crippen molar-refractivity contribution in [1.29, 1.82) is 0 Å². The monoisotopic (exact) mass is 372 g/mol. The van der Waals surface area contributed by atoms with Crippen molar-refractivity contribution in [1.82, 2.24) is 9.97 Å². The third-order valence-corrected chi connectivity index (χ3v) is 4.15. The van der Waals surface area contributed by atoms with E-state index in [0.29, 0.717) is 24.0 Å². The number of furan rings is 1. The molecule has 0 saturated carbocycles. The van der Waals surface area contributed by atoms with Crippen LogP contribution in [0, 0.1) is 0 Å². The standard InChI is InChI=1S/C22H20N4O2/c1-27-19-12-6-5-11-18(19)24-21-14-20(23-15-17-10-7-13-28-17)25-22(26-21)16-8-3-2-4-9-16/h2-14H,15H2,1H3,(H2,23,24,25,26). The van der Waals surface area contributed by atoms with Crippen molar-refractivity contribution in [3.63, 3.8) is 0 Å². The molecule has 28 heavy (non-hydrogen) atoms. The summed E-state index contributed by atoms with van der Waals surface area (Å²) >= 11 is 0. The molecular weight excluding hydrogens is 352 g/mol. The van der Waals surface area contributed by atoms with E-state index in [1.807, 2.05) is 72.8 Å². The fourth-order valence-corrected chi connectivity index (χ4v) is 2.79. The van der Waals surface area contributed by atoms with Gasteiger partial charge in [0.15, 0.2) is 5.82 Å². The van der Waals surface area contributed by atoms with Gasteiger partial charge >= 0.3 is 0 Å². The molecule has 0 aliphatic carbocycles. The summed E-state index contributed by atoms with van der Waals surface area (Å²) in [6, 6.07) is 23.2. The van der Waals surface area contributed by atoms with Crippen molar-refractivity contribution in [3.8, 4) is 17.1 Å². The van der Waals surface area contributed by atoms with Gasteiger partial charge in [-0.1, -0.05) is 42.5 Å². The first kappa shape index (κ1) is 17.6. The van der Waals surface area contributed by atoms with Crippen molar-refractivity contribution in [2.75, 3.05) is 17.7 Å². The number of para-hydroxylation sites is 2. The van der Waals surface area contributed by atoms with Crippen LogP contribution in [0.25, 0.3) is 11.4 Å². The van der Waals surface area contributed by atoms with Crippen LogP contribution in [0.4, 0.5) is 17.3 Å². The fraction of sp³-hybridized carbons (Fsp3) is 0.0909. The van der Waals surface area contributed by atoms with Crippen LogP contribution in [-0.4, -0.2) is 17.1 Å². The van der Waals surface area contributed by atoms with E-state index < -0.39 is 0 Å². The Hall–Kier alpha value is -3.80. The van der Waals surface area contributed by atoms with E-state index in [1.165, 1.54) is 0 Å². The Labute approximate surface area is 163 Å². The first-order valence-corrected chi connectivity index (χ1v) is 8.92. The number of aromatic nitrogens is 2. The minimum atomic E-state index is 0.534. The highest BCUT2D eigenvalue weighted by atomic mass is 16.5. The number of rotatable bonds is 7. The van der Waals surface area contributed by atoms with Gasteiger partial charge in [-0.05, 0) is 24.3 Å². The molecule has 140 valence electrons. The van der Waals surface area contributed by atoms with Gasteiger partial charge in [0.1, 0.15) is 23.1 Å². The number of ether oxygens (including phenoxy) is 1. The molecule has 2 N–H and O–H groups in total. The minimum absolute atomic E-state index is 0.534. The van der Waals surface area contributed by atoms with E-state index in [-0.39, 0.29) is 0 Å². The van der Waals surface area contributed by atoms with Crippen molar-refractivity contribution in [2.45, 2.75) is 6.54 Å². The lowest BCUT2D eigenvalue weighted by Gasteiger charge is -2.13. The SMILES string of the molecule is COc1ccccc1Nc1cc(NCc2ccco2)nc(-c2ccccc2)n1. The molecule has 0 bridgehead atoms. The first-order chi connectivity index (χ1) is 13.8. The molecule has 0 amide bonds. The molecule has 2 heterocycles. The predicted molar refractivity (Wildman–Crippen MR) is 110 cm³/mol. The van der Waals surface area contributed by atoms with E-state index >= 15 is 0 Å². The molecule has 0 radical (unpaired) electrons. The summed E-state index contributed by atoms with van der Waals surface area (Å²) in [5.74, 6) is 3.57. The molecular formula is C22H20N4O2. The summed E-state index contributed by atoms with van der Waals surface area (Å²) in [7, 11) is 1.65. The maximum Gasteiger partial charge on any atom is 0.163 e. The van der Waals surface area contributed by atoms with Gasteiger partial charge in [-0.15, -0.1) is 0 Å². The van der Waals surface area contributed by atoms with Crippen molar-refractivity contribution in [3.05, 3.63) is 84.8 Å². The van der Waals surface area contributed by atoms with Gasteiger partial charge in [-0.3, -0.25) is 0 Å². The Bertz CT molecular complexity index is 1030. The second kappa shape index (κ2) is 8.26. The summed E-state index contributed by atoms with van der Waals surface area (Å²) in [6.07, 6.45) is 1.65. The zero-order chi connectivity index (χ0) is 19.2. The molecule has 0 aliphatic rings. The van der Waals surface area contributed by atoms with Crippen molar-refractivity contribution >= 4 is 17.3 Å². The van der Waals surface area contributed by atoms with Crippen LogP contribution in [0.3, 0.4) is 0 Å². The lowest BCUT2D eigenvalue weighted by atomic mass is 10.2. The van der Waals surface area contributed by atoms with Crippen LogP contribution in [0.5, 0.6) is 5.75 Å². The van der Waals surface area contributed by atoms with Crippen LogP contribution in [0.2, 0.25) is 0 Å². The molecule has 0 saturated heterocycles. The number of benzene rings is 2. The second-order valence-electron chi connectivity index (χ2n) is 6.09. The van der Waals surface area contributed by atoms with Gasteiger partial charge < -0.3 is 19.8 Å². The van der Waals surface area contributed by atoms with Crippen LogP contribution < -0.4 is 15.4 Å². The molecule has 2 aromatic carbocycles. The topological polar surface area (TPSA) is 72.2 Å². The highest BCUT2D eigenvalue weighted by Gasteiger charge is 2.10. The zero-order valence-electron chi connectivity index (χ0n) is 15.4. The first-order valence-electron chi connectivity index (χ1n) is 8.92. The maximum absolute atomic E-state index is 5.43. The van der Waals surface area contributed by atoms with Gasteiger partial charge in [0.2, 0.25) is 0 Å². The predicted octanol–water partition coefficient (Wildman–Crippen LogP) is 5.10. The van der Waals surface area contributed by atoms with Gasteiger partial charge in [0, 0.05) is 11.6 Å². The summed E-state index contributed by atoms with van der Waals surface area (Å²) < 4.78 is 10.8.